The van der Waals surface area contributed by atoms with Crippen LogP contribution in [-0.4, -0.2) is 37.2 Å². The second-order valence-corrected chi connectivity index (χ2v) is 7.80. The summed E-state index contributed by atoms with van der Waals surface area (Å²) in [5, 5.41) is 12.5. The highest BCUT2D eigenvalue weighted by Crippen LogP contribution is 2.60. The molecule has 4 rings (SSSR count). The monoisotopic (exact) mass is 395 g/mol. The number of para-hydroxylation sites is 2. The van der Waals surface area contributed by atoms with Crippen LogP contribution in [0, 0.1) is 11.8 Å². The number of aliphatic carboxylic acids is 1. The van der Waals surface area contributed by atoms with Crippen LogP contribution in [0.3, 0.4) is 0 Å². The molecule has 0 aromatic heterocycles. The lowest BCUT2D eigenvalue weighted by Gasteiger charge is -2.26. The zero-order chi connectivity index (χ0) is 20.4. The van der Waals surface area contributed by atoms with Gasteiger partial charge in [-0.2, -0.15) is 0 Å². The fraction of sp³-hybridized carbons (Fsp3) is 0.391. The van der Waals surface area contributed by atoms with Gasteiger partial charge in [-0.15, -0.1) is 0 Å². The molecule has 6 nitrogen and oxygen atoms in total. The first-order valence-electron chi connectivity index (χ1n) is 9.90. The summed E-state index contributed by atoms with van der Waals surface area (Å²) < 4.78 is 11.0. The summed E-state index contributed by atoms with van der Waals surface area (Å²) in [6.07, 6.45) is 1.89. The Morgan fingerprint density at radius 3 is 2.79 bits per heavy atom. The number of rotatable bonds is 7. The van der Waals surface area contributed by atoms with Crippen LogP contribution in [0.2, 0.25) is 0 Å². The zero-order valence-corrected chi connectivity index (χ0v) is 16.4. The average molecular weight is 395 g/mol. The van der Waals surface area contributed by atoms with Gasteiger partial charge in [0.05, 0.1) is 19.6 Å². The topological polar surface area (TPSA) is 84.9 Å². The lowest BCUT2D eigenvalue weighted by molar-refractivity contribution is -0.141. The molecule has 29 heavy (non-hydrogen) atoms. The van der Waals surface area contributed by atoms with Crippen LogP contribution < -0.4 is 14.8 Å². The number of carbonyl (C=O) groups is 2. The van der Waals surface area contributed by atoms with Crippen LogP contribution >= 0.6 is 0 Å². The van der Waals surface area contributed by atoms with E-state index in [1.54, 1.807) is 7.11 Å². The van der Waals surface area contributed by atoms with Gasteiger partial charge >= 0.3 is 5.97 Å². The van der Waals surface area contributed by atoms with Gasteiger partial charge in [0.15, 0.2) is 0 Å². The molecule has 2 N–H and O–H groups in total. The van der Waals surface area contributed by atoms with Gasteiger partial charge in [0.2, 0.25) is 5.91 Å². The van der Waals surface area contributed by atoms with E-state index < -0.39 is 11.9 Å². The minimum atomic E-state index is -0.932. The molecule has 1 saturated carbocycles. The molecule has 0 bridgehead atoms. The van der Waals surface area contributed by atoms with Gasteiger partial charge in [0, 0.05) is 23.4 Å². The molecule has 1 fully saturated rings. The Bertz CT molecular complexity index is 927. The van der Waals surface area contributed by atoms with Crippen LogP contribution in [0.15, 0.2) is 48.5 Å². The third kappa shape index (κ3) is 3.67. The van der Waals surface area contributed by atoms with Crippen molar-refractivity contribution in [2.45, 2.75) is 24.7 Å². The second kappa shape index (κ2) is 7.78. The summed E-state index contributed by atoms with van der Waals surface area (Å²) in [7, 11) is 1.56. The molecule has 2 aromatic rings. The van der Waals surface area contributed by atoms with Crippen molar-refractivity contribution in [3.05, 3.63) is 59.7 Å². The molecule has 152 valence electrons. The predicted octanol–water partition coefficient (Wildman–Crippen LogP) is 2.80. The highest BCUT2D eigenvalue weighted by Gasteiger charge is 2.60. The number of hydrogen-bond acceptors (Lipinski definition) is 4. The number of fused-ring (bicyclic) bond motifs is 2. The van der Waals surface area contributed by atoms with E-state index in [1.807, 2.05) is 48.5 Å². The quantitative estimate of drug-likeness (QED) is 0.753. The molecule has 1 aliphatic heterocycles. The van der Waals surface area contributed by atoms with Gasteiger partial charge < -0.3 is 19.9 Å². The average Bonchev–Trinajstić information content (AvgIpc) is 3.46. The van der Waals surface area contributed by atoms with Crippen molar-refractivity contribution < 1.29 is 24.2 Å². The molecule has 1 spiro atoms. The summed E-state index contributed by atoms with van der Waals surface area (Å²) in [4.78, 5) is 24.6. The van der Waals surface area contributed by atoms with Crippen molar-refractivity contribution in [3.63, 3.8) is 0 Å². The Morgan fingerprint density at radius 1 is 1.24 bits per heavy atom. The van der Waals surface area contributed by atoms with Crippen molar-refractivity contribution in [2.24, 2.45) is 11.8 Å². The fourth-order valence-corrected chi connectivity index (χ4v) is 4.44. The van der Waals surface area contributed by atoms with Crippen molar-refractivity contribution in [2.75, 3.05) is 20.3 Å². The van der Waals surface area contributed by atoms with Gasteiger partial charge in [-0.3, -0.25) is 9.59 Å². The molecular formula is C23H25NO5. The summed E-state index contributed by atoms with van der Waals surface area (Å²) in [6, 6.07) is 15.2. The smallest absolute Gasteiger partial charge is 0.308 e. The van der Waals surface area contributed by atoms with E-state index >= 15 is 0 Å². The molecule has 0 saturated heterocycles. The first-order valence-corrected chi connectivity index (χ1v) is 9.90. The van der Waals surface area contributed by atoms with Crippen molar-refractivity contribution in [3.8, 4) is 11.5 Å². The fourth-order valence-electron chi connectivity index (χ4n) is 4.44. The largest absolute Gasteiger partial charge is 0.496 e. The van der Waals surface area contributed by atoms with E-state index in [2.05, 4.69) is 5.32 Å². The Hall–Kier alpha value is -3.02. The van der Waals surface area contributed by atoms with Gasteiger partial charge in [0.25, 0.3) is 0 Å². The number of benzene rings is 2. The molecule has 1 amide bonds. The van der Waals surface area contributed by atoms with Crippen molar-refractivity contribution in [1.82, 2.24) is 5.32 Å². The highest BCUT2D eigenvalue weighted by atomic mass is 16.5. The number of ether oxygens (including phenoxy) is 2. The SMILES string of the molecule is COc1ccccc1CC(CNC(=O)[C@@H]1C[C@]12CCOc1ccccc12)C(=O)O. The first kappa shape index (κ1) is 19.3. The zero-order valence-electron chi connectivity index (χ0n) is 16.4. The van der Waals surface area contributed by atoms with Crippen LogP contribution in [0.5, 0.6) is 11.5 Å². The molecule has 3 atom stereocenters. The van der Waals surface area contributed by atoms with Gasteiger partial charge in [-0.25, -0.2) is 0 Å². The minimum absolute atomic E-state index is 0.0759. The molecular weight excluding hydrogens is 370 g/mol. The van der Waals surface area contributed by atoms with Crippen LogP contribution in [-0.2, 0) is 21.4 Å². The van der Waals surface area contributed by atoms with Gasteiger partial charge in [-0.05, 0) is 37.0 Å². The summed E-state index contributed by atoms with van der Waals surface area (Å²) in [5.41, 5.74) is 1.74. The van der Waals surface area contributed by atoms with Crippen LogP contribution in [0.1, 0.15) is 24.0 Å². The third-order valence-corrected chi connectivity index (χ3v) is 6.15. The summed E-state index contributed by atoms with van der Waals surface area (Å²) in [5.74, 6) is -0.343. The standard InChI is InChI=1S/C23H25NO5/c1-28-19-8-4-2-6-15(19)12-16(22(26)27)14-24-21(25)18-13-23(18)10-11-29-20-9-5-3-7-17(20)23/h2-9,16,18H,10-14H2,1H3,(H,24,25)(H,26,27)/t16?,18-,23-/m0/s1. The third-order valence-electron chi connectivity index (χ3n) is 6.15. The lowest BCUT2D eigenvalue weighted by atomic mass is 9.87. The highest BCUT2D eigenvalue weighted by molar-refractivity contribution is 5.85. The number of amides is 1. The maximum atomic E-state index is 12.8. The molecule has 2 aliphatic rings. The molecule has 0 radical (unpaired) electrons. The Balaban J connectivity index is 1.41. The Morgan fingerprint density at radius 2 is 2.00 bits per heavy atom. The molecule has 1 unspecified atom stereocenters. The summed E-state index contributed by atoms with van der Waals surface area (Å²) >= 11 is 0. The van der Waals surface area contributed by atoms with Gasteiger partial charge in [-0.1, -0.05) is 36.4 Å². The minimum Gasteiger partial charge on any atom is -0.496 e. The number of carboxylic acids is 1. The molecule has 6 heteroatoms. The molecule has 1 aliphatic carbocycles. The maximum Gasteiger partial charge on any atom is 0.308 e. The van der Waals surface area contributed by atoms with E-state index in [1.165, 1.54) is 0 Å². The van der Waals surface area contributed by atoms with E-state index in [0.29, 0.717) is 18.8 Å². The number of methoxy groups -OCH3 is 1. The predicted molar refractivity (Wildman–Crippen MR) is 107 cm³/mol. The Labute approximate surface area is 169 Å². The lowest BCUT2D eigenvalue weighted by Crippen LogP contribution is -2.37. The van der Waals surface area contributed by atoms with E-state index in [9.17, 15) is 14.7 Å². The summed E-state index contributed by atoms with van der Waals surface area (Å²) in [6.45, 7) is 0.698. The van der Waals surface area contributed by atoms with Crippen LogP contribution in [0.25, 0.3) is 0 Å². The second-order valence-electron chi connectivity index (χ2n) is 7.80. The van der Waals surface area contributed by atoms with Gasteiger partial charge in [0.1, 0.15) is 11.5 Å². The van der Waals surface area contributed by atoms with E-state index in [-0.39, 0.29) is 23.8 Å². The number of carboxylic acid groups (broad SMARTS) is 1. The normalized spacial score (nSPS) is 22.9. The molecule has 2 aromatic carbocycles. The number of hydrogen-bond donors (Lipinski definition) is 2. The van der Waals surface area contributed by atoms with Crippen molar-refractivity contribution >= 4 is 11.9 Å². The van der Waals surface area contributed by atoms with E-state index in [4.69, 9.17) is 9.47 Å². The number of nitrogens with one attached hydrogen (secondary N) is 1. The van der Waals surface area contributed by atoms with Crippen LogP contribution in [0.4, 0.5) is 0 Å². The van der Waals surface area contributed by atoms with E-state index in [0.717, 1.165) is 29.7 Å². The molecule has 1 heterocycles. The van der Waals surface area contributed by atoms with Crippen molar-refractivity contribution in [1.29, 1.82) is 0 Å². The first-order chi connectivity index (χ1) is 14.0. The number of carbonyl (C=O) groups excluding carboxylic acids is 1. The Kier molecular flexibility index (Phi) is 5.18. The maximum absolute atomic E-state index is 12.8.